The van der Waals surface area contributed by atoms with E-state index in [1.165, 1.54) is 6.07 Å². The maximum atomic E-state index is 13.5. The topological polar surface area (TPSA) is 98.5 Å². The highest BCUT2D eigenvalue weighted by Gasteiger charge is 2.32. The fourth-order valence-electron chi connectivity index (χ4n) is 2.33. The highest BCUT2D eigenvalue weighted by Crippen LogP contribution is 2.43. The Morgan fingerprint density at radius 2 is 2.12 bits per heavy atom. The van der Waals surface area contributed by atoms with Crippen LogP contribution in [0.2, 0.25) is 5.02 Å². The molecule has 0 atom stereocenters. The smallest absolute Gasteiger partial charge is 0.285 e. The molecule has 0 radical (unpaired) electrons. The summed E-state index contributed by atoms with van der Waals surface area (Å²) in [6, 6.07) is 4.14. The Balaban J connectivity index is 2.25. The molecule has 7 nitrogen and oxygen atoms in total. The van der Waals surface area contributed by atoms with E-state index < -0.39 is 28.1 Å². The Morgan fingerprint density at radius 1 is 1.40 bits per heavy atom. The van der Waals surface area contributed by atoms with Crippen LogP contribution < -0.4 is 10.1 Å². The number of rotatable bonds is 3. The second kappa shape index (κ2) is 6.41. The average molecular weight is 430 g/mol. The zero-order valence-electron chi connectivity index (χ0n) is 12.1. The Morgan fingerprint density at radius 3 is 2.80 bits per heavy atom. The van der Waals surface area contributed by atoms with Crippen molar-refractivity contribution in [3.63, 3.8) is 0 Å². The highest BCUT2D eigenvalue weighted by molar-refractivity contribution is 9.10. The Hall–Kier alpha value is -2.52. The van der Waals surface area contributed by atoms with Gasteiger partial charge in [0.05, 0.1) is 26.2 Å². The summed E-state index contributed by atoms with van der Waals surface area (Å²) in [6.45, 7) is -0.306. The molecule has 0 aromatic heterocycles. The number of nitrogens with one attached hydrogen (secondary N) is 1. The molecule has 2 aromatic rings. The molecule has 0 aliphatic carbocycles. The number of anilines is 1. The van der Waals surface area contributed by atoms with E-state index in [4.69, 9.17) is 16.3 Å². The number of benzene rings is 2. The van der Waals surface area contributed by atoms with Crippen LogP contribution in [0.5, 0.6) is 5.75 Å². The molecule has 1 amide bonds. The molecule has 0 saturated heterocycles. The number of nitro benzene ring substituents is 1. The Labute approximate surface area is 153 Å². The second-order valence-electron chi connectivity index (χ2n) is 5.01. The minimum absolute atomic E-state index is 0.0417. The van der Waals surface area contributed by atoms with Crippen LogP contribution in [0.1, 0.15) is 15.9 Å². The molecule has 0 spiro atoms. The van der Waals surface area contributed by atoms with Crippen molar-refractivity contribution >= 4 is 50.6 Å². The summed E-state index contributed by atoms with van der Waals surface area (Å²) >= 11 is 9.02. The van der Waals surface area contributed by atoms with Crippen molar-refractivity contribution < 1.29 is 23.6 Å². The lowest BCUT2D eigenvalue weighted by Crippen LogP contribution is -2.26. The number of nitro groups is 1. The fourth-order valence-corrected chi connectivity index (χ4v) is 3.21. The number of halogens is 3. The van der Waals surface area contributed by atoms with Gasteiger partial charge < -0.3 is 10.1 Å². The van der Waals surface area contributed by atoms with Crippen molar-refractivity contribution in [2.75, 3.05) is 11.9 Å². The minimum atomic E-state index is -0.870. The van der Waals surface area contributed by atoms with E-state index >= 15 is 0 Å². The molecule has 0 unspecified atom stereocenters. The van der Waals surface area contributed by atoms with E-state index in [2.05, 4.69) is 21.2 Å². The van der Waals surface area contributed by atoms with Gasteiger partial charge in [0, 0.05) is 5.56 Å². The number of hydrogen-bond donors (Lipinski definition) is 1. The van der Waals surface area contributed by atoms with Gasteiger partial charge in [-0.1, -0.05) is 11.6 Å². The molecular formula is C15H7BrClFN2O5. The van der Waals surface area contributed by atoms with E-state index in [1.54, 1.807) is 0 Å². The highest BCUT2D eigenvalue weighted by atomic mass is 79.9. The van der Waals surface area contributed by atoms with Crippen molar-refractivity contribution in [3.05, 3.63) is 60.8 Å². The van der Waals surface area contributed by atoms with Crippen LogP contribution in [0, 0.1) is 15.9 Å². The summed E-state index contributed by atoms with van der Waals surface area (Å²) < 4.78 is 18.6. The normalized spacial score (nSPS) is 12.8. The van der Waals surface area contributed by atoms with Gasteiger partial charge in [0.25, 0.3) is 11.6 Å². The molecule has 3 rings (SSSR count). The molecule has 10 heteroatoms. The van der Waals surface area contributed by atoms with E-state index in [0.29, 0.717) is 0 Å². The molecule has 1 heterocycles. The number of amides is 1. The first kappa shape index (κ1) is 17.3. The second-order valence-corrected chi connectivity index (χ2v) is 6.21. The van der Waals surface area contributed by atoms with Crippen molar-refractivity contribution in [1.29, 1.82) is 0 Å². The molecule has 2 aromatic carbocycles. The quantitative estimate of drug-likeness (QED) is 0.455. The number of carbonyl (C=O) groups is 2. The number of carbonyl (C=O) groups excluding carboxylic acids is 2. The molecule has 128 valence electrons. The van der Waals surface area contributed by atoms with Crippen molar-refractivity contribution in [2.45, 2.75) is 0 Å². The number of ether oxygens (including phenoxy) is 1. The van der Waals surface area contributed by atoms with Gasteiger partial charge in [-0.25, -0.2) is 4.39 Å². The summed E-state index contributed by atoms with van der Waals surface area (Å²) in [5.74, 6) is -2.03. The van der Waals surface area contributed by atoms with Gasteiger partial charge in [-0.15, -0.1) is 0 Å². The summed E-state index contributed by atoms with van der Waals surface area (Å²) in [5.41, 5.74) is -1.10. The lowest BCUT2D eigenvalue weighted by Gasteiger charge is -2.20. The summed E-state index contributed by atoms with van der Waals surface area (Å²) in [5, 5.41) is 13.8. The molecule has 0 bridgehead atoms. The zero-order valence-corrected chi connectivity index (χ0v) is 14.5. The van der Waals surface area contributed by atoms with Crippen LogP contribution in [0.25, 0.3) is 0 Å². The maximum absolute atomic E-state index is 13.5. The Kier molecular flexibility index (Phi) is 4.44. The number of nitrogens with zero attached hydrogens (tertiary/aromatic N) is 1. The molecule has 1 N–H and O–H groups in total. The molecule has 1 aliphatic heterocycles. The number of fused-ring (bicyclic) bond motifs is 1. The van der Waals surface area contributed by atoms with Crippen LogP contribution in [0.3, 0.4) is 0 Å². The SMILES string of the molecule is O=C1COc2cc([N+](=O)[O-])c(C(=O)c3cc(F)ccc3Cl)c(Br)c2N1. The van der Waals surface area contributed by atoms with Crippen LogP contribution in [0.15, 0.2) is 28.7 Å². The van der Waals surface area contributed by atoms with Crippen LogP contribution in [-0.4, -0.2) is 23.2 Å². The van der Waals surface area contributed by atoms with Gasteiger partial charge in [-0.2, -0.15) is 0 Å². The third-order valence-corrected chi connectivity index (χ3v) is 4.55. The summed E-state index contributed by atoms with van der Waals surface area (Å²) in [6.07, 6.45) is 0. The molecule has 25 heavy (non-hydrogen) atoms. The lowest BCUT2D eigenvalue weighted by molar-refractivity contribution is -0.385. The third-order valence-electron chi connectivity index (χ3n) is 3.43. The summed E-state index contributed by atoms with van der Waals surface area (Å²) in [7, 11) is 0. The van der Waals surface area contributed by atoms with Gasteiger partial charge in [0.15, 0.2) is 12.4 Å². The number of hydrogen-bond acceptors (Lipinski definition) is 5. The molecule has 0 fully saturated rings. The van der Waals surface area contributed by atoms with Gasteiger partial charge in [0.2, 0.25) is 5.78 Å². The summed E-state index contributed by atoms with van der Waals surface area (Å²) in [4.78, 5) is 34.9. The minimum Gasteiger partial charge on any atom is -0.481 e. The van der Waals surface area contributed by atoms with Crippen molar-refractivity contribution in [2.24, 2.45) is 0 Å². The fraction of sp³-hybridized carbons (Fsp3) is 0.0667. The van der Waals surface area contributed by atoms with Crippen LogP contribution >= 0.6 is 27.5 Å². The van der Waals surface area contributed by atoms with Crippen molar-refractivity contribution in [1.82, 2.24) is 0 Å². The predicted octanol–water partition coefficient (Wildman–Crippen LogP) is 3.71. The predicted molar refractivity (Wildman–Crippen MR) is 89.8 cm³/mol. The van der Waals surface area contributed by atoms with Gasteiger partial charge in [-0.3, -0.25) is 19.7 Å². The van der Waals surface area contributed by atoms with Crippen LogP contribution in [0.4, 0.5) is 15.8 Å². The zero-order chi connectivity index (χ0) is 18.3. The number of ketones is 1. The van der Waals surface area contributed by atoms with E-state index in [0.717, 1.165) is 18.2 Å². The first-order chi connectivity index (χ1) is 11.8. The molecule has 1 aliphatic rings. The van der Waals surface area contributed by atoms with Gasteiger partial charge >= 0.3 is 0 Å². The van der Waals surface area contributed by atoms with Crippen LogP contribution in [-0.2, 0) is 4.79 Å². The Bertz CT molecular complexity index is 950. The van der Waals surface area contributed by atoms with E-state index in [1.807, 2.05) is 0 Å². The lowest BCUT2D eigenvalue weighted by atomic mass is 10.00. The maximum Gasteiger partial charge on any atom is 0.285 e. The average Bonchev–Trinajstić information content (AvgIpc) is 2.56. The standard InChI is InChI=1S/C15H7BrClFN2O5/c16-13-12(15(22)7-3-6(18)1-2-8(7)17)9(20(23)24)4-10-14(13)19-11(21)5-25-10/h1-4H,5H2,(H,19,21). The van der Waals surface area contributed by atoms with E-state index in [-0.39, 0.29) is 38.7 Å². The van der Waals surface area contributed by atoms with Gasteiger partial charge in [-0.05, 0) is 34.1 Å². The largest absolute Gasteiger partial charge is 0.481 e. The monoisotopic (exact) mass is 428 g/mol. The first-order valence-electron chi connectivity index (χ1n) is 6.73. The first-order valence-corrected chi connectivity index (χ1v) is 7.90. The third kappa shape index (κ3) is 3.08. The van der Waals surface area contributed by atoms with Crippen molar-refractivity contribution in [3.8, 4) is 5.75 Å². The molecule has 0 saturated carbocycles. The van der Waals surface area contributed by atoms with Gasteiger partial charge in [0.1, 0.15) is 11.4 Å². The molecular weight excluding hydrogens is 423 g/mol. The van der Waals surface area contributed by atoms with E-state index in [9.17, 15) is 24.1 Å².